The van der Waals surface area contributed by atoms with Gasteiger partial charge in [0.15, 0.2) is 22.5 Å². The third-order valence-electron chi connectivity index (χ3n) is 4.24. The second-order valence-electron chi connectivity index (χ2n) is 5.68. The van der Waals surface area contributed by atoms with E-state index in [2.05, 4.69) is 31.3 Å². The Bertz CT molecular complexity index is 985. The van der Waals surface area contributed by atoms with Gasteiger partial charge in [-0.3, -0.25) is 4.79 Å². The zero-order valence-corrected chi connectivity index (χ0v) is 16.9. The van der Waals surface area contributed by atoms with Crippen molar-refractivity contribution < 1.29 is 14.1 Å². The SMILES string of the molecule is CCn1c(CNC(=O)c2nc(I)cnc2N)[n+](C)c2ccc(OC)cc21. The lowest BCUT2D eigenvalue weighted by molar-refractivity contribution is -0.654. The molecule has 0 saturated heterocycles. The number of imidazole rings is 1. The molecule has 0 atom stereocenters. The van der Waals surface area contributed by atoms with Gasteiger partial charge in [-0.1, -0.05) is 0 Å². The molecule has 0 aliphatic heterocycles. The number of benzene rings is 1. The van der Waals surface area contributed by atoms with Gasteiger partial charge in [-0.25, -0.2) is 19.1 Å². The van der Waals surface area contributed by atoms with Gasteiger partial charge in [0.2, 0.25) is 0 Å². The molecule has 0 aliphatic carbocycles. The average molecular weight is 467 g/mol. The highest BCUT2D eigenvalue weighted by Crippen LogP contribution is 2.21. The fourth-order valence-electron chi connectivity index (χ4n) is 2.94. The Hall–Kier alpha value is -2.43. The second-order valence-corrected chi connectivity index (χ2v) is 6.79. The molecule has 0 fully saturated rings. The van der Waals surface area contributed by atoms with Crippen LogP contribution in [0.2, 0.25) is 0 Å². The standard InChI is InChI=1S/C17H19IN6O2/c1-4-24-12-7-10(26-3)5-6-11(12)23(2)14(24)9-21-17(25)15-16(19)20-8-13(18)22-15/h5-8H,4,9H2,1-3H3,(H2-,19,20,21,25)/p+1. The van der Waals surface area contributed by atoms with Gasteiger partial charge in [0.25, 0.3) is 11.7 Å². The van der Waals surface area contributed by atoms with Crippen LogP contribution in [0.25, 0.3) is 11.0 Å². The first-order chi connectivity index (χ1) is 12.5. The van der Waals surface area contributed by atoms with E-state index in [-0.39, 0.29) is 17.4 Å². The first-order valence-corrected chi connectivity index (χ1v) is 9.15. The number of aromatic nitrogens is 4. The number of rotatable bonds is 5. The molecule has 0 bridgehead atoms. The minimum Gasteiger partial charge on any atom is -0.497 e. The summed E-state index contributed by atoms with van der Waals surface area (Å²) in [4.78, 5) is 20.6. The Kier molecular flexibility index (Phi) is 5.25. The van der Waals surface area contributed by atoms with Gasteiger partial charge in [0.1, 0.15) is 16.0 Å². The molecule has 26 heavy (non-hydrogen) atoms. The predicted molar refractivity (Wildman–Crippen MR) is 106 cm³/mol. The number of aryl methyl sites for hydroxylation is 2. The van der Waals surface area contributed by atoms with E-state index in [0.29, 0.717) is 10.2 Å². The lowest BCUT2D eigenvalue weighted by Gasteiger charge is -2.06. The predicted octanol–water partition coefficient (Wildman–Crippen LogP) is 1.40. The maximum absolute atomic E-state index is 12.5. The normalized spacial score (nSPS) is 10.9. The number of nitrogen functional groups attached to an aromatic ring is 1. The van der Waals surface area contributed by atoms with E-state index in [0.717, 1.165) is 29.2 Å². The van der Waals surface area contributed by atoms with Gasteiger partial charge in [-0.2, -0.15) is 0 Å². The van der Waals surface area contributed by atoms with Gasteiger partial charge in [-0.05, 0) is 41.6 Å². The molecule has 0 radical (unpaired) electrons. The largest absolute Gasteiger partial charge is 0.497 e. The van der Waals surface area contributed by atoms with E-state index in [4.69, 9.17) is 10.5 Å². The van der Waals surface area contributed by atoms with Crippen LogP contribution < -0.4 is 20.4 Å². The highest BCUT2D eigenvalue weighted by Gasteiger charge is 2.23. The number of anilines is 1. The Balaban J connectivity index is 1.92. The number of nitrogens with two attached hydrogens (primary N) is 1. The Morgan fingerprint density at radius 2 is 2.23 bits per heavy atom. The number of fused-ring (bicyclic) bond motifs is 1. The third kappa shape index (κ3) is 3.30. The fraction of sp³-hybridized carbons (Fsp3) is 0.294. The molecule has 2 heterocycles. The Morgan fingerprint density at radius 1 is 1.46 bits per heavy atom. The number of hydrogen-bond donors (Lipinski definition) is 2. The molecule has 1 amide bonds. The van der Waals surface area contributed by atoms with Crippen molar-refractivity contribution >= 4 is 45.3 Å². The molecular formula is C17H20IN6O2+. The molecule has 0 aliphatic rings. The first-order valence-electron chi connectivity index (χ1n) is 8.07. The van der Waals surface area contributed by atoms with Crippen LogP contribution in [-0.2, 0) is 20.1 Å². The fourth-order valence-corrected chi connectivity index (χ4v) is 3.32. The molecule has 0 spiro atoms. The van der Waals surface area contributed by atoms with Crippen molar-refractivity contribution in [1.29, 1.82) is 0 Å². The van der Waals surface area contributed by atoms with Crippen molar-refractivity contribution in [2.24, 2.45) is 7.05 Å². The van der Waals surface area contributed by atoms with Crippen molar-refractivity contribution in [3.8, 4) is 5.75 Å². The number of carbonyl (C=O) groups is 1. The highest BCUT2D eigenvalue weighted by molar-refractivity contribution is 14.1. The van der Waals surface area contributed by atoms with E-state index in [1.807, 2.05) is 47.8 Å². The number of hydrogen-bond acceptors (Lipinski definition) is 5. The molecule has 2 aromatic heterocycles. The molecule has 0 unspecified atom stereocenters. The summed E-state index contributed by atoms with van der Waals surface area (Å²) >= 11 is 2.00. The Morgan fingerprint density at radius 3 is 2.92 bits per heavy atom. The van der Waals surface area contributed by atoms with Gasteiger partial charge >= 0.3 is 0 Å². The molecule has 1 aromatic carbocycles. The quantitative estimate of drug-likeness (QED) is 0.437. The summed E-state index contributed by atoms with van der Waals surface area (Å²) in [5.74, 6) is 1.52. The van der Waals surface area contributed by atoms with E-state index in [9.17, 15) is 4.79 Å². The molecule has 136 valence electrons. The van der Waals surface area contributed by atoms with E-state index < -0.39 is 0 Å². The Labute approximate surface area is 164 Å². The maximum Gasteiger partial charge on any atom is 0.276 e. The maximum atomic E-state index is 12.5. The molecule has 8 nitrogen and oxygen atoms in total. The summed E-state index contributed by atoms with van der Waals surface area (Å²) in [6.07, 6.45) is 1.52. The zero-order valence-electron chi connectivity index (χ0n) is 14.8. The third-order valence-corrected chi connectivity index (χ3v) is 4.76. The topological polar surface area (TPSA) is 98.9 Å². The first kappa shape index (κ1) is 18.4. The lowest BCUT2D eigenvalue weighted by Crippen LogP contribution is -2.38. The number of nitrogens with zero attached hydrogens (tertiary/aromatic N) is 4. The molecule has 3 aromatic rings. The highest BCUT2D eigenvalue weighted by atomic mass is 127. The van der Waals surface area contributed by atoms with Crippen molar-refractivity contribution in [3.05, 3.63) is 39.6 Å². The van der Waals surface area contributed by atoms with Crippen LogP contribution in [0.3, 0.4) is 0 Å². The molecule has 3 N–H and O–H groups in total. The molecule has 0 saturated carbocycles. The number of carbonyl (C=O) groups excluding carboxylic acids is 1. The van der Waals surface area contributed by atoms with E-state index in [1.54, 1.807) is 7.11 Å². The van der Waals surface area contributed by atoms with Crippen LogP contribution in [0.5, 0.6) is 5.75 Å². The van der Waals surface area contributed by atoms with Crippen molar-refractivity contribution in [2.75, 3.05) is 12.8 Å². The number of amides is 1. The summed E-state index contributed by atoms with van der Waals surface area (Å²) in [7, 11) is 3.62. The number of halogens is 1. The van der Waals surface area contributed by atoms with E-state index >= 15 is 0 Å². The summed E-state index contributed by atoms with van der Waals surface area (Å²) in [5, 5.41) is 2.89. The smallest absolute Gasteiger partial charge is 0.276 e. The second kappa shape index (κ2) is 7.44. The van der Waals surface area contributed by atoms with Gasteiger partial charge in [0, 0.05) is 6.07 Å². The van der Waals surface area contributed by atoms with Crippen LogP contribution in [0.15, 0.2) is 24.4 Å². The van der Waals surface area contributed by atoms with Gasteiger partial charge < -0.3 is 15.8 Å². The minimum absolute atomic E-state index is 0.119. The van der Waals surface area contributed by atoms with Crippen LogP contribution in [0.1, 0.15) is 23.2 Å². The van der Waals surface area contributed by atoms with Crippen LogP contribution >= 0.6 is 22.6 Å². The number of nitrogens with one attached hydrogen (secondary N) is 1. The monoisotopic (exact) mass is 467 g/mol. The lowest BCUT2D eigenvalue weighted by atomic mass is 10.3. The molecule has 9 heteroatoms. The minimum atomic E-state index is -0.348. The average Bonchev–Trinajstić information content (AvgIpc) is 2.92. The number of methoxy groups -OCH3 is 1. The summed E-state index contributed by atoms with van der Waals surface area (Å²) in [6, 6.07) is 5.93. The summed E-state index contributed by atoms with van der Waals surface area (Å²) < 4.78 is 10.1. The van der Waals surface area contributed by atoms with E-state index in [1.165, 1.54) is 6.20 Å². The molecule has 3 rings (SSSR count). The van der Waals surface area contributed by atoms with Crippen LogP contribution in [0.4, 0.5) is 5.82 Å². The van der Waals surface area contributed by atoms with Crippen LogP contribution in [0, 0.1) is 3.70 Å². The van der Waals surface area contributed by atoms with Crippen molar-refractivity contribution in [3.63, 3.8) is 0 Å². The summed E-state index contributed by atoms with van der Waals surface area (Å²) in [5.41, 5.74) is 8.02. The summed E-state index contributed by atoms with van der Waals surface area (Å²) in [6.45, 7) is 3.17. The number of ether oxygens (including phenoxy) is 1. The van der Waals surface area contributed by atoms with Gasteiger partial charge in [0.05, 0.1) is 26.9 Å². The van der Waals surface area contributed by atoms with Crippen LogP contribution in [-0.4, -0.2) is 27.6 Å². The molecular weight excluding hydrogens is 447 g/mol. The zero-order chi connectivity index (χ0) is 18.8. The van der Waals surface area contributed by atoms with Crippen molar-refractivity contribution in [2.45, 2.75) is 20.0 Å². The van der Waals surface area contributed by atoms with Gasteiger partial charge in [-0.15, -0.1) is 0 Å². The van der Waals surface area contributed by atoms with Crippen molar-refractivity contribution in [1.82, 2.24) is 19.9 Å².